The van der Waals surface area contributed by atoms with E-state index in [-0.39, 0.29) is 11.6 Å². The molecule has 1 aliphatic carbocycles. The molecule has 20 heavy (non-hydrogen) atoms. The molecule has 2 nitrogen and oxygen atoms in total. The second kappa shape index (κ2) is 7.14. The van der Waals surface area contributed by atoms with E-state index < -0.39 is 11.6 Å². The minimum absolute atomic E-state index is 0.0435. The normalized spacial score (nSPS) is 24.6. The van der Waals surface area contributed by atoms with Crippen molar-refractivity contribution >= 4 is 0 Å². The molecule has 1 N–H and O–H groups in total. The summed E-state index contributed by atoms with van der Waals surface area (Å²) < 4.78 is 32.6. The summed E-state index contributed by atoms with van der Waals surface area (Å²) in [5.74, 6) is -0.922. The van der Waals surface area contributed by atoms with Gasteiger partial charge < -0.3 is 10.1 Å². The van der Waals surface area contributed by atoms with Crippen LogP contribution in [0.2, 0.25) is 0 Å². The second-order valence-electron chi connectivity index (χ2n) is 5.69. The number of rotatable bonds is 5. The van der Waals surface area contributed by atoms with Gasteiger partial charge in [0, 0.05) is 24.8 Å². The monoisotopic (exact) mass is 283 g/mol. The van der Waals surface area contributed by atoms with E-state index in [4.69, 9.17) is 4.74 Å². The van der Waals surface area contributed by atoms with Gasteiger partial charge in [-0.05, 0) is 51.2 Å². The molecule has 1 fully saturated rings. The molecular weight excluding hydrogens is 260 g/mol. The van der Waals surface area contributed by atoms with Crippen molar-refractivity contribution in [1.82, 2.24) is 5.32 Å². The van der Waals surface area contributed by atoms with Crippen LogP contribution in [-0.2, 0) is 11.2 Å². The molecule has 0 aromatic heterocycles. The van der Waals surface area contributed by atoms with Crippen molar-refractivity contribution in [1.29, 1.82) is 0 Å². The van der Waals surface area contributed by atoms with E-state index in [0.29, 0.717) is 18.6 Å². The molecule has 4 heteroatoms. The van der Waals surface area contributed by atoms with Gasteiger partial charge in [0.25, 0.3) is 0 Å². The van der Waals surface area contributed by atoms with Crippen LogP contribution >= 0.6 is 0 Å². The summed E-state index contributed by atoms with van der Waals surface area (Å²) in [6.45, 7) is 1.97. The summed E-state index contributed by atoms with van der Waals surface area (Å²) >= 11 is 0. The Morgan fingerprint density at radius 2 is 2.00 bits per heavy atom. The largest absolute Gasteiger partial charge is 0.381 e. The molecule has 0 radical (unpaired) electrons. The lowest BCUT2D eigenvalue weighted by molar-refractivity contribution is 0.0572. The van der Waals surface area contributed by atoms with Crippen molar-refractivity contribution in [3.8, 4) is 0 Å². The van der Waals surface area contributed by atoms with E-state index in [1.807, 2.05) is 6.92 Å². The third-order valence-electron chi connectivity index (χ3n) is 4.05. The van der Waals surface area contributed by atoms with Crippen LogP contribution in [0.3, 0.4) is 0 Å². The van der Waals surface area contributed by atoms with Gasteiger partial charge in [-0.25, -0.2) is 8.78 Å². The minimum atomic E-state index is -0.461. The van der Waals surface area contributed by atoms with Crippen molar-refractivity contribution in [3.63, 3.8) is 0 Å². The molecule has 0 spiro atoms. The summed E-state index contributed by atoms with van der Waals surface area (Å²) in [6, 6.07) is 4.44. The van der Waals surface area contributed by atoms with Crippen LogP contribution < -0.4 is 5.32 Å². The van der Waals surface area contributed by atoms with Crippen LogP contribution in [0.15, 0.2) is 18.2 Å². The second-order valence-corrected chi connectivity index (χ2v) is 5.69. The number of halogens is 2. The van der Waals surface area contributed by atoms with Crippen LogP contribution in [-0.4, -0.2) is 25.3 Å². The molecule has 1 aromatic rings. The Morgan fingerprint density at radius 3 is 2.65 bits per heavy atom. The number of benzene rings is 1. The zero-order valence-corrected chi connectivity index (χ0v) is 12.2. The average molecular weight is 283 g/mol. The predicted molar refractivity (Wildman–Crippen MR) is 75.7 cm³/mol. The number of hydrogen-bond acceptors (Lipinski definition) is 2. The Kier molecular flexibility index (Phi) is 5.49. The first-order valence-corrected chi connectivity index (χ1v) is 7.32. The van der Waals surface area contributed by atoms with Gasteiger partial charge in [-0.2, -0.15) is 0 Å². The van der Waals surface area contributed by atoms with Crippen LogP contribution in [0.5, 0.6) is 0 Å². The van der Waals surface area contributed by atoms with E-state index in [2.05, 4.69) is 5.32 Å². The van der Waals surface area contributed by atoms with Gasteiger partial charge in [0.15, 0.2) is 0 Å². The third-order valence-corrected chi connectivity index (χ3v) is 4.05. The SMILES string of the molecule is COC1CCCC(NC(C)Cc2c(F)cccc2F)C1. The molecular formula is C16H23F2NO. The molecule has 1 aliphatic rings. The maximum Gasteiger partial charge on any atom is 0.129 e. The van der Waals surface area contributed by atoms with Gasteiger partial charge in [-0.15, -0.1) is 0 Å². The zero-order chi connectivity index (χ0) is 14.5. The molecule has 0 amide bonds. The van der Waals surface area contributed by atoms with Crippen LogP contribution in [0.1, 0.15) is 38.2 Å². The van der Waals surface area contributed by atoms with Gasteiger partial charge in [0.05, 0.1) is 6.10 Å². The lowest BCUT2D eigenvalue weighted by atomic mass is 9.92. The standard InChI is InChI=1S/C16H23F2NO/c1-11(9-14-15(17)7-4-8-16(14)18)19-12-5-3-6-13(10-12)20-2/h4,7-8,11-13,19H,3,5-6,9-10H2,1-2H3. The number of methoxy groups -OCH3 is 1. The molecule has 3 atom stereocenters. The smallest absolute Gasteiger partial charge is 0.129 e. The van der Waals surface area contributed by atoms with Crippen molar-refractivity contribution in [2.45, 2.75) is 57.2 Å². The first kappa shape index (κ1) is 15.4. The highest BCUT2D eigenvalue weighted by Gasteiger charge is 2.23. The predicted octanol–water partition coefficient (Wildman–Crippen LogP) is 3.44. The average Bonchev–Trinajstić information content (AvgIpc) is 2.43. The summed E-state index contributed by atoms with van der Waals surface area (Å²) in [5, 5.41) is 3.47. The van der Waals surface area contributed by atoms with Crippen LogP contribution in [0.25, 0.3) is 0 Å². The summed E-state index contributed by atoms with van der Waals surface area (Å²) in [6.07, 6.45) is 4.98. The Labute approximate surface area is 119 Å². The Hall–Kier alpha value is -1.00. The molecule has 3 unspecified atom stereocenters. The number of nitrogens with one attached hydrogen (secondary N) is 1. The van der Waals surface area contributed by atoms with E-state index in [1.54, 1.807) is 7.11 Å². The van der Waals surface area contributed by atoms with Crippen molar-refractivity contribution in [2.24, 2.45) is 0 Å². The summed E-state index contributed by atoms with van der Waals surface area (Å²) in [4.78, 5) is 0. The molecule has 0 bridgehead atoms. The van der Waals surface area contributed by atoms with Gasteiger partial charge >= 0.3 is 0 Å². The van der Waals surface area contributed by atoms with E-state index in [9.17, 15) is 8.78 Å². The molecule has 0 aliphatic heterocycles. The van der Waals surface area contributed by atoms with E-state index in [1.165, 1.54) is 18.2 Å². The van der Waals surface area contributed by atoms with Crippen LogP contribution in [0.4, 0.5) is 8.78 Å². The molecule has 2 rings (SSSR count). The fourth-order valence-electron chi connectivity index (χ4n) is 3.01. The fraction of sp³-hybridized carbons (Fsp3) is 0.625. The maximum absolute atomic E-state index is 13.6. The number of hydrogen-bond donors (Lipinski definition) is 1. The quantitative estimate of drug-likeness (QED) is 0.893. The fourth-order valence-corrected chi connectivity index (χ4v) is 3.01. The highest BCUT2D eigenvalue weighted by molar-refractivity contribution is 5.20. The van der Waals surface area contributed by atoms with Gasteiger partial charge in [0.2, 0.25) is 0 Å². The lowest BCUT2D eigenvalue weighted by Gasteiger charge is -2.31. The molecule has 1 aromatic carbocycles. The lowest BCUT2D eigenvalue weighted by Crippen LogP contribution is -2.42. The first-order valence-electron chi connectivity index (χ1n) is 7.32. The van der Waals surface area contributed by atoms with Gasteiger partial charge in [0.1, 0.15) is 11.6 Å². The summed E-state index contributed by atoms with van der Waals surface area (Å²) in [5.41, 5.74) is 0.173. The third kappa shape index (κ3) is 4.00. The topological polar surface area (TPSA) is 21.3 Å². The Morgan fingerprint density at radius 1 is 1.30 bits per heavy atom. The highest BCUT2D eigenvalue weighted by atomic mass is 19.1. The number of ether oxygens (including phenoxy) is 1. The van der Waals surface area contributed by atoms with Crippen molar-refractivity contribution < 1.29 is 13.5 Å². The molecule has 1 saturated carbocycles. The molecule has 0 saturated heterocycles. The minimum Gasteiger partial charge on any atom is -0.381 e. The molecule has 112 valence electrons. The van der Waals surface area contributed by atoms with Gasteiger partial charge in [-0.1, -0.05) is 6.07 Å². The zero-order valence-electron chi connectivity index (χ0n) is 12.2. The Bertz CT molecular complexity index is 418. The van der Waals surface area contributed by atoms with Crippen LogP contribution in [0, 0.1) is 11.6 Å². The first-order chi connectivity index (χ1) is 9.60. The Balaban J connectivity index is 1.90. The molecule has 0 heterocycles. The maximum atomic E-state index is 13.6. The highest BCUT2D eigenvalue weighted by Crippen LogP contribution is 2.22. The van der Waals surface area contributed by atoms with Crippen molar-refractivity contribution in [3.05, 3.63) is 35.4 Å². The van der Waals surface area contributed by atoms with Crippen molar-refractivity contribution in [2.75, 3.05) is 7.11 Å². The van der Waals surface area contributed by atoms with E-state index in [0.717, 1.165) is 25.7 Å². The van der Waals surface area contributed by atoms with E-state index >= 15 is 0 Å². The van der Waals surface area contributed by atoms with Gasteiger partial charge in [-0.3, -0.25) is 0 Å². The summed E-state index contributed by atoms with van der Waals surface area (Å²) in [7, 11) is 1.74.